The Morgan fingerprint density at radius 3 is 2.66 bits per heavy atom. The molecule has 4 heterocycles. The van der Waals surface area contributed by atoms with Crippen molar-refractivity contribution in [1.29, 1.82) is 0 Å². The molecular weight excluding hydrogens is 515 g/mol. The summed E-state index contributed by atoms with van der Waals surface area (Å²) in [7, 11) is -4.02. The van der Waals surface area contributed by atoms with Crippen molar-refractivity contribution in [2.45, 2.75) is 30.6 Å². The van der Waals surface area contributed by atoms with Gasteiger partial charge < -0.3 is 24.5 Å². The third-order valence-corrected chi connectivity index (χ3v) is 7.39. The first-order chi connectivity index (χ1) is 18.3. The van der Waals surface area contributed by atoms with E-state index >= 15 is 0 Å². The minimum absolute atomic E-state index is 0.0645. The molecule has 2 unspecified atom stereocenters. The summed E-state index contributed by atoms with van der Waals surface area (Å²) in [5.41, 5.74) is 11.3. The summed E-state index contributed by atoms with van der Waals surface area (Å²) in [5.74, 6) is 0.239. The van der Waals surface area contributed by atoms with Gasteiger partial charge in [-0.25, -0.2) is 15.1 Å². The number of nitrogens with two attached hydrogens (primary N) is 2. The van der Waals surface area contributed by atoms with E-state index in [0.29, 0.717) is 5.75 Å². The van der Waals surface area contributed by atoms with Crippen LogP contribution in [-0.4, -0.2) is 50.5 Å². The Hall–Kier alpha value is -3.58. The maximum absolute atomic E-state index is 13.0. The second-order valence-corrected chi connectivity index (χ2v) is 10.6. The number of para-hydroxylation sites is 1. The Morgan fingerprint density at radius 2 is 1.89 bits per heavy atom. The SMILES string of the molecule is Nc1nc2c(ncn2C2O[C@@]3(COP(N)(=O)Oc4ccccc4)CO[C@@H]2[C@@H]3OCc2ccccc2)c(=O)[nH]1. The summed E-state index contributed by atoms with van der Waals surface area (Å²) < 4.78 is 44.4. The third-order valence-electron chi connectivity index (χ3n) is 6.44. The number of nitrogen functional groups attached to an aromatic ring is 1. The quantitative estimate of drug-likeness (QED) is 0.265. The topological polar surface area (TPSA) is 179 Å². The molecule has 13 nitrogen and oxygen atoms in total. The number of nitrogens with one attached hydrogen (secondary N) is 1. The van der Waals surface area contributed by atoms with E-state index in [0.717, 1.165) is 5.56 Å². The number of aromatic nitrogens is 4. The first-order valence-electron chi connectivity index (χ1n) is 11.8. The highest BCUT2D eigenvalue weighted by molar-refractivity contribution is 7.51. The van der Waals surface area contributed by atoms with Crippen LogP contribution in [0.15, 0.2) is 71.8 Å². The zero-order chi connectivity index (χ0) is 26.3. The molecule has 2 bridgehead atoms. The molecule has 2 aromatic heterocycles. The van der Waals surface area contributed by atoms with Crippen molar-refractivity contribution in [2.24, 2.45) is 5.50 Å². The van der Waals surface area contributed by atoms with E-state index in [-0.39, 0.29) is 36.9 Å². The van der Waals surface area contributed by atoms with Crippen LogP contribution in [0, 0.1) is 0 Å². The van der Waals surface area contributed by atoms with Crippen LogP contribution in [0.4, 0.5) is 5.95 Å². The van der Waals surface area contributed by atoms with Crippen LogP contribution in [0.5, 0.6) is 5.75 Å². The predicted octanol–water partition coefficient (Wildman–Crippen LogP) is 2.12. The van der Waals surface area contributed by atoms with Crippen LogP contribution < -0.4 is 21.3 Å². The highest BCUT2D eigenvalue weighted by atomic mass is 31.2. The Balaban J connectivity index is 1.29. The van der Waals surface area contributed by atoms with E-state index in [1.165, 1.54) is 6.33 Å². The van der Waals surface area contributed by atoms with Gasteiger partial charge in [-0.05, 0) is 17.7 Å². The number of imidazole rings is 1. The zero-order valence-electron chi connectivity index (χ0n) is 20.0. The smallest absolute Gasteiger partial charge is 0.413 e. The van der Waals surface area contributed by atoms with Crippen LogP contribution >= 0.6 is 7.75 Å². The van der Waals surface area contributed by atoms with Gasteiger partial charge in [-0.2, -0.15) is 4.98 Å². The fourth-order valence-electron chi connectivity index (χ4n) is 4.71. The molecule has 0 spiro atoms. The van der Waals surface area contributed by atoms with E-state index in [4.69, 9.17) is 34.5 Å². The van der Waals surface area contributed by atoms with Crippen LogP contribution in [0.2, 0.25) is 0 Å². The summed E-state index contributed by atoms with van der Waals surface area (Å²) in [4.78, 5) is 23.1. The maximum Gasteiger partial charge on any atom is 0.456 e. The molecule has 2 aliphatic heterocycles. The monoisotopic (exact) mass is 540 g/mol. The molecule has 0 amide bonds. The van der Waals surface area contributed by atoms with Gasteiger partial charge in [0.1, 0.15) is 23.6 Å². The number of nitrogens with zero attached hydrogens (tertiary/aromatic N) is 3. The van der Waals surface area contributed by atoms with Crippen molar-refractivity contribution >= 4 is 24.9 Å². The fourth-order valence-corrected chi connectivity index (χ4v) is 5.58. The number of H-pyrrole nitrogens is 1. The second-order valence-electron chi connectivity index (χ2n) is 9.06. The molecule has 6 rings (SSSR count). The molecule has 14 heteroatoms. The molecule has 0 aliphatic carbocycles. The first kappa shape index (κ1) is 24.7. The van der Waals surface area contributed by atoms with Crippen molar-refractivity contribution in [3.8, 4) is 5.75 Å². The molecule has 2 saturated heterocycles. The molecule has 2 aliphatic rings. The molecule has 198 valence electrons. The number of rotatable bonds is 9. The standard InChI is InChI=1S/C24H25N6O7P/c25-23-28-20-17(21(31)29-23)27-14-30(20)22-18-19(33-11-15-7-3-1-4-8-15)24(36-22,12-34-18)13-35-38(26,32)37-16-9-5-2-6-10-16/h1-10,14,18-19,22H,11-13H2,(H2,26,32)(H3,25,28,29,31)/t18-,19+,22?,24-,38?/m1/s1. The largest absolute Gasteiger partial charge is 0.456 e. The van der Waals surface area contributed by atoms with E-state index < -0.39 is 37.3 Å². The Kier molecular flexibility index (Phi) is 6.26. The molecule has 0 saturated carbocycles. The highest BCUT2D eigenvalue weighted by Gasteiger charge is 2.64. The van der Waals surface area contributed by atoms with Crippen molar-refractivity contribution < 1.29 is 27.8 Å². The summed E-state index contributed by atoms with van der Waals surface area (Å²) in [6.07, 6.45) is -0.648. The van der Waals surface area contributed by atoms with E-state index in [1.807, 2.05) is 30.3 Å². The fraction of sp³-hybridized carbons (Fsp3) is 0.292. The van der Waals surface area contributed by atoms with Gasteiger partial charge in [0.05, 0.1) is 26.1 Å². The van der Waals surface area contributed by atoms with Gasteiger partial charge in [0.25, 0.3) is 5.56 Å². The van der Waals surface area contributed by atoms with Crippen LogP contribution in [0.1, 0.15) is 11.8 Å². The van der Waals surface area contributed by atoms with Gasteiger partial charge in [-0.3, -0.25) is 18.9 Å². The summed E-state index contributed by atoms with van der Waals surface area (Å²) >= 11 is 0. The lowest BCUT2D eigenvalue weighted by Gasteiger charge is -2.32. The third kappa shape index (κ3) is 4.60. The van der Waals surface area contributed by atoms with Gasteiger partial charge in [0.2, 0.25) is 5.95 Å². The average Bonchev–Trinajstić information content (AvgIpc) is 3.57. The summed E-state index contributed by atoms with van der Waals surface area (Å²) in [6.45, 7) is 0.101. The lowest BCUT2D eigenvalue weighted by atomic mass is 10.00. The van der Waals surface area contributed by atoms with Crippen molar-refractivity contribution in [2.75, 3.05) is 18.9 Å². The van der Waals surface area contributed by atoms with Crippen molar-refractivity contribution in [1.82, 2.24) is 19.5 Å². The number of fused-ring (bicyclic) bond motifs is 3. The van der Waals surface area contributed by atoms with Crippen molar-refractivity contribution in [3.05, 3.63) is 82.9 Å². The molecule has 5 atom stereocenters. The highest BCUT2D eigenvalue weighted by Crippen LogP contribution is 2.50. The molecule has 0 radical (unpaired) electrons. The minimum Gasteiger partial charge on any atom is -0.413 e. The first-order valence-corrected chi connectivity index (χ1v) is 13.4. The Morgan fingerprint density at radius 1 is 1.16 bits per heavy atom. The maximum atomic E-state index is 13.0. The van der Waals surface area contributed by atoms with E-state index in [2.05, 4.69) is 15.0 Å². The van der Waals surface area contributed by atoms with Gasteiger partial charge >= 0.3 is 7.75 Å². The second kappa shape index (κ2) is 9.62. The molecule has 4 aromatic rings. The normalized spacial score (nSPS) is 26.0. The molecule has 5 N–H and O–H groups in total. The Bertz CT molecular complexity index is 1550. The van der Waals surface area contributed by atoms with Crippen LogP contribution in [-0.2, 0) is 29.9 Å². The lowest BCUT2D eigenvalue weighted by Crippen LogP contribution is -2.46. The predicted molar refractivity (Wildman–Crippen MR) is 135 cm³/mol. The van der Waals surface area contributed by atoms with Crippen molar-refractivity contribution in [3.63, 3.8) is 0 Å². The summed E-state index contributed by atoms with van der Waals surface area (Å²) in [6, 6.07) is 18.1. The van der Waals surface area contributed by atoms with E-state index in [1.54, 1.807) is 34.9 Å². The van der Waals surface area contributed by atoms with Crippen LogP contribution in [0.25, 0.3) is 11.2 Å². The lowest BCUT2D eigenvalue weighted by molar-refractivity contribution is -0.184. The summed E-state index contributed by atoms with van der Waals surface area (Å²) in [5, 5.41) is 0. The number of hydrogen-bond donors (Lipinski definition) is 3. The van der Waals surface area contributed by atoms with Crippen LogP contribution in [0.3, 0.4) is 0 Å². The number of anilines is 1. The van der Waals surface area contributed by atoms with Gasteiger partial charge in [-0.15, -0.1) is 0 Å². The van der Waals surface area contributed by atoms with Gasteiger partial charge in [-0.1, -0.05) is 48.5 Å². The number of hydrogen-bond acceptors (Lipinski definition) is 10. The average molecular weight is 540 g/mol. The molecule has 2 fully saturated rings. The molecular formula is C24H25N6O7P. The molecule has 2 aromatic carbocycles. The minimum atomic E-state index is -4.02. The Labute approximate surface area is 216 Å². The number of aromatic amines is 1. The zero-order valence-corrected chi connectivity index (χ0v) is 20.9. The number of benzene rings is 2. The van der Waals surface area contributed by atoms with E-state index in [9.17, 15) is 9.36 Å². The molecule has 38 heavy (non-hydrogen) atoms. The van der Waals surface area contributed by atoms with Gasteiger partial charge in [0.15, 0.2) is 17.4 Å². The number of ether oxygens (including phenoxy) is 3. The van der Waals surface area contributed by atoms with Gasteiger partial charge in [0, 0.05) is 0 Å².